The summed E-state index contributed by atoms with van der Waals surface area (Å²) in [4.78, 5) is 31.3. The Balaban J connectivity index is 2.23. The van der Waals surface area contributed by atoms with Crippen molar-refractivity contribution in [3.8, 4) is 0 Å². The van der Waals surface area contributed by atoms with Crippen LogP contribution in [0.2, 0.25) is 0 Å². The Hall–Kier alpha value is -2.43. The first-order valence-electron chi connectivity index (χ1n) is 7.37. The molecule has 0 saturated heterocycles. The number of nitrogens with zero attached hydrogens (tertiary/aromatic N) is 1. The van der Waals surface area contributed by atoms with E-state index in [0.29, 0.717) is 5.92 Å². The van der Waals surface area contributed by atoms with Crippen LogP contribution in [-0.2, 0) is 0 Å². The van der Waals surface area contributed by atoms with Crippen LogP contribution in [0, 0.1) is 12.8 Å². The molecule has 0 saturated carbocycles. The van der Waals surface area contributed by atoms with Crippen molar-refractivity contribution in [2.24, 2.45) is 5.92 Å². The molecule has 0 aliphatic heterocycles. The summed E-state index contributed by atoms with van der Waals surface area (Å²) in [5.74, 6) is 0.0394. The number of aromatic amines is 1. The highest BCUT2D eigenvalue weighted by atomic mass is 16.2. The molecule has 5 heteroatoms. The summed E-state index contributed by atoms with van der Waals surface area (Å²) in [7, 11) is 0. The Labute approximate surface area is 129 Å². The predicted molar refractivity (Wildman–Crippen MR) is 85.7 cm³/mol. The van der Waals surface area contributed by atoms with Crippen molar-refractivity contribution in [3.05, 3.63) is 63.8 Å². The molecule has 0 aromatic carbocycles. The lowest BCUT2D eigenvalue weighted by Crippen LogP contribution is -2.33. The standard InChI is InChI=1S/C17H21N3O2/c1-11(2)7-15(13-5-4-6-18-9-13)20-17(22)14-10-19-12(3)8-16(14)21/h4-6,8-11,15H,7H2,1-3H3,(H,19,21)(H,20,22)/t15-/m0/s1. The van der Waals surface area contributed by atoms with E-state index in [-0.39, 0.29) is 22.9 Å². The van der Waals surface area contributed by atoms with Gasteiger partial charge in [0.05, 0.1) is 6.04 Å². The molecule has 0 aliphatic carbocycles. The normalized spacial score (nSPS) is 12.2. The molecular weight excluding hydrogens is 278 g/mol. The molecule has 2 rings (SSSR count). The van der Waals surface area contributed by atoms with E-state index >= 15 is 0 Å². The van der Waals surface area contributed by atoms with Crippen LogP contribution in [0.15, 0.2) is 41.6 Å². The summed E-state index contributed by atoms with van der Waals surface area (Å²) < 4.78 is 0. The second-order valence-electron chi connectivity index (χ2n) is 5.84. The molecule has 0 radical (unpaired) electrons. The lowest BCUT2D eigenvalue weighted by molar-refractivity contribution is 0.0930. The summed E-state index contributed by atoms with van der Waals surface area (Å²) in [6.07, 6.45) is 5.68. The monoisotopic (exact) mass is 299 g/mol. The summed E-state index contributed by atoms with van der Waals surface area (Å²) in [5.41, 5.74) is 1.52. The molecule has 1 amide bonds. The number of aryl methyl sites for hydroxylation is 1. The van der Waals surface area contributed by atoms with Gasteiger partial charge in [-0.25, -0.2) is 0 Å². The summed E-state index contributed by atoms with van der Waals surface area (Å²) >= 11 is 0. The lowest BCUT2D eigenvalue weighted by atomic mass is 9.98. The molecule has 2 heterocycles. The van der Waals surface area contributed by atoms with Gasteiger partial charge in [-0.1, -0.05) is 19.9 Å². The smallest absolute Gasteiger partial charge is 0.257 e. The molecule has 5 nitrogen and oxygen atoms in total. The number of aromatic nitrogens is 2. The maximum atomic E-state index is 12.4. The van der Waals surface area contributed by atoms with Crippen molar-refractivity contribution in [1.29, 1.82) is 0 Å². The molecule has 2 aromatic rings. The van der Waals surface area contributed by atoms with Gasteiger partial charge < -0.3 is 10.3 Å². The van der Waals surface area contributed by atoms with Gasteiger partial charge in [-0.2, -0.15) is 0 Å². The highest BCUT2D eigenvalue weighted by Gasteiger charge is 2.19. The molecule has 22 heavy (non-hydrogen) atoms. The van der Waals surface area contributed by atoms with E-state index in [1.807, 2.05) is 12.1 Å². The average molecular weight is 299 g/mol. The third kappa shape index (κ3) is 4.04. The van der Waals surface area contributed by atoms with E-state index in [1.54, 1.807) is 19.3 Å². The van der Waals surface area contributed by atoms with E-state index in [1.165, 1.54) is 12.3 Å². The largest absolute Gasteiger partial charge is 0.364 e. The minimum absolute atomic E-state index is 0.128. The molecule has 0 bridgehead atoms. The number of carbonyl (C=O) groups is 1. The van der Waals surface area contributed by atoms with Crippen LogP contribution in [0.3, 0.4) is 0 Å². The van der Waals surface area contributed by atoms with Gasteiger partial charge in [-0.15, -0.1) is 0 Å². The maximum absolute atomic E-state index is 12.4. The van der Waals surface area contributed by atoms with Gasteiger partial charge in [-0.05, 0) is 30.9 Å². The van der Waals surface area contributed by atoms with E-state index < -0.39 is 0 Å². The second-order valence-corrected chi connectivity index (χ2v) is 5.84. The van der Waals surface area contributed by atoms with Crippen molar-refractivity contribution < 1.29 is 4.79 Å². The molecular formula is C17H21N3O2. The molecule has 2 N–H and O–H groups in total. The van der Waals surface area contributed by atoms with Crippen LogP contribution in [0.5, 0.6) is 0 Å². The summed E-state index contributed by atoms with van der Waals surface area (Å²) in [6.45, 7) is 5.96. The summed E-state index contributed by atoms with van der Waals surface area (Å²) in [6, 6.07) is 5.03. The van der Waals surface area contributed by atoms with Gasteiger partial charge in [0.25, 0.3) is 5.91 Å². The van der Waals surface area contributed by atoms with Crippen LogP contribution < -0.4 is 10.7 Å². The molecule has 2 aromatic heterocycles. The van der Waals surface area contributed by atoms with Crippen LogP contribution in [0.4, 0.5) is 0 Å². The number of amides is 1. The molecule has 1 atom stereocenters. The number of carbonyl (C=O) groups excluding carboxylic acids is 1. The topological polar surface area (TPSA) is 74.8 Å². The Morgan fingerprint density at radius 2 is 2.18 bits per heavy atom. The highest BCUT2D eigenvalue weighted by Crippen LogP contribution is 2.20. The Kier molecular flexibility index (Phi) is 5.09. The Morgan fingerprint density at radius 3 is 2.77 bits per heavy atom. The zero-order chi connectivity index (χ0) is 16.1. The Bertz CT molecular complexity index is 693. The first-order chi connectivity index (χ1) is 10.5. The lowest BCUT2D eigenvalue weighted by Gasteiger charge is -2.20. The van der Waals surface area contributed by atoms with Crippen LogP contribution >= 0.6 is 0 Å². The van der Waals surface area contributed by atoms with E-state index in [2.05, 4.69) is 29.1 Å². The fourth-order valence-electron chi connectivity index (χ4n) is 2.32. The van der Waals surface area contributed by atoms with Gasteiger partial charge in [-0.3, -0.25) is 14.6 Å². The number of nitrogens with one attached hydrogen (secondary N) is 2. The number of pyridine rings is 2. The van der Waals surface area contributed by atoms with E-state index in [0.717, 1.165) is 17.7 Å². The Morgan fingerprint density at radius 1 is 1.41 bits per heavy atom. The van der Waals surface area contributed by atoms with Crippen molar-refractivity contribution in [3.63, 3.8) is 0 Å². The minimum Gasteiger partial charge on any atom is -0.364 e. The van der Waals surface area contributed by atoms with Gasteiger partial charge in [0.2, 0.25) is 0 Å². The second kappa shape index (κ2) is 7.02. The van der Waals surface area contributed by atoms with Gasteiger partial charge >= 0.3 is 0 Å². The van der Waals surface area contributed by atoms with Crippen LogP contribution in [-0.4, -0.2) is 15.9 Å². The number of hydrogen-bond donors (Lipinski definition) is 2. The third-order valence-electron chi connectivity index (χ3n) is 3.40. The zero-order valence-corrected chi connectivity index (χ0v) is 13.1. The molecule has 0 fully saturated rings. The third-order valence-corrected chi connectivity index (χ3v) is 3.40. The molecule has 0 unspecified atom stereocenters. The maximum Gasteiger partial charge on any atom is 0.257 e. The number of rotatable bonds is 5. The van der Waals surface area contributed by atoms with Crippen LogP contribution in [0.25, 0.3) is 0 Å². The van der Waals surface area contributed by atoms with Gasteiger partial charge in [0.15, 0.2) is 5.43 Å². The van der Waals surface area contributed by atoms with Gasteiger partial charge in [0.1, 0.15) is 5.56 Å². The van der Waals surface area contributed by atoms with Crippen LogP contribution in [0.1, 0.15) is 47.9 Å². The SMILES string of the molecule is Cc1cc(=O)c(C(=O)N[C@@H](CC(C)C)c2cccnc2)c[nH]1. The quantitative estimate of drug-likeness (QED) is 0.891. The highest BCUT2D eigenvalue weighted by molar-refractivity contribution is 5.94. The number of hydrogen-bond acceptors (Lipinski definition) is 3. The van der Waals surface area contributed by atoms with Gasteiger partial charge in [0, 0.05) is 30.4 Å². The first kappa shape index (κ1) is 15.9. The van der Waals surface area contributed by atoms with E-state index in [4.69, 9.17) is 0 Å². The van der Waals surface area contributed by atoms with E-state index in [9.17, 15) is 9.59 Å². The fraction of sp³-hybridized carbons (Fsp3) is 0.353. The zero-order valence-electron chi connectivity index (χ0n) is 13.1. The molecule has 0 spiro atoms. The molecule has 116 valence electrons. The average Bonchev–Trinajstić information content (AvgIpc) is 2.46. The first-order valence-corrected chi connectivity index (χ1v) is 7.37. The minimum atomic E-state index is -0.365. The molecule has 0 aliphatic rings. The predicted octanol–water partition coefficient (Wildman–Crippen LogP) is 2.60. The van der Waals surface area contributed by atoms with Crippen molar-refractivity contribution in [2.75, 3.05) is 0 Å². The van der Waals surface area contributed by atoms with Crippen molar-refractivity contribution >= 4 is 5.91 Å². The van der Waals surface area contributed by atoms with Crippen molar-refractivity contribution in [1.82, 2.24) is 15.3 Å². The fourth-order valence-corrected chi connectivity index (χ4v) is 2.32. The van der Waals surface area contributed by atoms with Crippen molar-refractivity contribution in [2.45, 2.75) is 33.2 Å². The summed E-state index contributed by atoms with van der Waals surface area (Å²) in [5, 5.41) is 2.94. The number of H-pyrrole nitrogens is 1.